The predicted octanol–water partition coefficient (Wildman–Crippen LogP) is 5.52. The molecule has 2 saturated carbocycles. The second-order valence-electron chi connectivity index (χ2n) is 5.76. The summed E-state index contributed by atoms with van der Waals surface area (Å²) in [6.07, 6.45) is 9.59. The van der Waals surface area contributed by atoms with Crippen LogP contribution in [0.1, 0.15) is 44.9 Å². The van der Waals surface area contributed by atoms with E-state index in [0.29, 0.717) is 21.5 Å². The minimum absolute atomic E-state index is 0.546. The lowest BCUT2D eigenvalue weighted by molar-refractivity contribution is 0.0571. The third-order valence-corrected chi connectivity index (χ3v) is 5.62. The Hall–Kier alpha value is -0.400. The molecule has 2 aliphatic carbocycles. The van der Waals surface area contributed by atoms with Gasteiger partial charge < -0.3 is 5.32 Å². The Morgan fingerprint density at radius 2 is 1.83 bits per heavy atom. The second kappa shape index (κ2) is 4.94. The Labute approximate surface area is 119 Å². The topological polar surface area (TPSA) is 12.0 Å². The molecular weight excluding hydrogens is 265 g/mol. The van der Waals surface area contributed by atoms with Crippen LogP contribution in [0.5, 0.6) is 0 Å². The Balaban J connectivity index is 1.75. The molecule has 1 spiro atoms. The minimum Gasteiger partial charge on any atom is -0.381 e. The first-order valence-electron chi connectivity index (χ1n) is 6.92. The summed E-state index contributed by atoms with van der Waals surface area (Å²) < 4.78 is 0. The highest BCUT2D eigenvalue weighted by Crippen LogP contribution is 2.53. The molecule has 0 amide bonds. The molecule has 98 valence electrons. The van der Waals surface area contributed by atoms with Crippen molar-refractivity contribution in [3.8, 4) is 0 Å². The molecule has 2 aliphatic rings. The van der Waals surface area contributed by atoms with Crippen molar-refractivity contribution in [3.63, 3.8) is 0 Å². The average Bonchev–Trinajstić information content (AvgIpc) is 2.40. The summed E-state index contributed by atoms with van der Waals surface area (Å²) in [5.74, 6) is 0. The summed E-state index contributed by atoms with van der Waals surface area (Å²) in [6.45, 7) is 0. The van der Waals surface area contributed by atoms with E-state index in [4.69, 9.17) is 23.2 Å². The lowest BCUT2D eigenvalue weighted by Gasteiger charge is -2.52. The van der Waals surface area contributed by atoms with Gasteiger partial charge in [-0.15, -0.1) is 0 Å². The van der Waals surface area contributed by atoms with Gasteiger partial charge in [0.25, 0.3) is 0 Å². The van der Waals surface area contributed by atoms with Crippen molar-refractivity contribution in [2.24, 2.45) is 5.41 Å². The standard InChI is InChI=1S/C15H19Cl2N/c16-11-5-4-6-12(14(11)17)18-13-7-10-15(13)8-2-1-3-9-15/h4-6,13,18H,1-3,7-10H2. The van der Waals surface area contributed by atoms with E-state index < -0.39 is 0 Å². The lowest BCUT2D eigenvalue weighted by Crippen LogP contribution is -2.50. The summed E-state index contributed by atoms with van der Waals surface area (Å²) in [5.41, 5.74) is 1.54. The summed E-state index contributed by atoms with van der Waals surface area (Å²) >= 11 is 12.3. The smallest absolute Gasteiger partial charge is 0.0823 e. The first kappa shape index (κ1) is 12.6. The van der Waals surface area contributed by atoms with Gasteiger partial charge in [-0.1, -0.05) is 48.5 Å². The molecule has 1 aromatic rings. The molecule has 2 fully saturated rings. The van der Waals surface area contributed by atoms with Gasteiger partial charge >= 0.3 is 0 Å². The van der Waals surface area contributed by atoms with E-state index in [2.05, 4.69) is 5.32 Å². The van der Waals surface area contributed by atoms with Gasteiger partial charge in [-0.3, -0.25) is 0 Å². The van der Waals surface area contributed by atoms with Crippen LogP contribution in [0.4, 0.5) is 5.69 Å². The van der Waals surface area contributed by atoms with Gasteiger partial charge in [0, 0.05) is 6.04 Å². The van der Waals surface area contributed by atoms with Crippen LogP contribution in [0.25, 0.3) is 0 Å². The first-order valence-corrected chi connectivity index (χ1v) is 7.67. The van der Waals surface area contributed by atoms with E-state index in [1.54, 1.807) is 0 Å². The SMILES string of the molecule is Clc1cccc(NC2CCC23CCCCC3)c1Cl. The molecular formula is C15H19Cl2N. The van der Waals surface area contributed by atoms with Gasteiger partial charge in [0.05, 0.1) is 15.7 Å². The van der Waals surface area contributed by atoms with Crippen molar-refractivity contribution in [1.29, 1.82) is 0 Å². The molecule has 1 N–H and O–H groups in total. The van der Waals surface area contributed by atoms with Crippen LogP contribution in [0.2, 0.25) is 10.0 Å². The van der Waals surface area contributed by atoms with Gasteiger partial charge in [0.2, 0.25) is 0 Å². The molecule has 0 radical (unpaired) electrons. The summed E-state index contributed by atoms with van der Waals surface area (Å²) in [4.78, 5) is 0. The minimum atomic E-state index is 0.546. The van der Waals surface area contributed by atoms with Crippen LogP contribution < -0.4 is 5.32 Å². The monoisotopic (exact) mass is 283 g/mol. The Bertz CT molecular complexity index is 438. The quantitative estimate of drug-likeness (QED) is 0.754. The van der Waals surface area contributed by atoms with Crippen molar-refractivity contribution in [2.45, 2.75) is 51.0 Å². The number of hydrogen-bond acceptors (Lipinski definition) is 1. The van der Waals surface area contributed by atoms with Crippen molar-refractivity contribution >= 4 is 28.9 Å². The van der Waals surface area contributed by atoms with Crippen LogP contribution >= 0.6 is 23.2 Å². The highest BCUT2D eigenvalue weighted by atomic mass is 35.5. The molecule has 0 heterocycles. The number of rotatable bonds is 2. The Kier molecular flexibility index (Phi) is 3.46. The molecule has 1 nitrogen and oxygen atoms in total. The lowest BCUT2D eigenvalue weighted by atomic mass is 9.57. The normalized spacial score (nSPS) is 25.8. The third kappa shape index (κ3) is 2.12. The van der Waals surface area contributed by atoms with Crippen molar-refractivity contribution in [2.75, 3.05) is 5.32 Å². The van der Waals surface area contributed by atoms with Crippen LogP contribution in [0.15, 0.2) is 18.2 Å². The molecule has 0 aliphatic heterocycles. The maximum absolute atomic E-state index is 6.25. The zero-order valence-corrected chi connectivity index (χ0v) is 12.0. The van der Waals surface area contributed by atoms with Crippen molar-refractivity contribution < 1.29 is 0 Å². The van der Waals surface area contributed by atoms with E-state index in [1.165, 1.54) is 44.9 Å². The Morgan fingerprint density at radius 1 is 1.06 bits per heavy atom. The molecule has 0 saturated heterocycles. The number of anilines is 1. The molecule has 0 bridgehead atoms. The van der Waals surface area contributed by atoms with Crippen molar-refractivity contribution in [3.05, 3.63) is 28.2 Å². The third-order valence-electron chi connectivity index (χ3n) is 4.80. The fourth-order valence-corrected chi connectivity index (χ4v) is 3.93. The average molecular weight is 284 g/mol. The molecule has 1 aromatic carbocycles. The van der Waals surface area contributed by atoms with E-state index in [0.717, 1.165) is 5.69 Å². The van der Waals surface area contributed by atoms with Gasteiger partial charge in [0.15, 0.2) is 0 Å². The molecule has 1 unspecified atom stereocenters. The Morgan fingerprint density at radius 3 is 2.50 bits per heavy atom. The van der Waals surface area contributed by atoms with Gasteiger partial charge in [-0.05, 0) is 43.2 Å². The fourth-order valence-electron chi connectivity index (χ4n) is 3.58. The van der Waals surface area contributed by atoms with E-state index in [9.17, 15) is 0 Å². The molecule has 3 rings (SSSR count). The number of nitrogens with one attached hydrogen (secondary N) is 1. The van der Waals surface area contributed by atoms with Crippen LogP contribution in [0.3, 0.4) is 0 Å². The van der Waals surface area contributed by atoms with Crippen molar-refractivity contribution in [1.82, 2.24) is 0 Å². The second-order valence-corrected chi connectivity index (χ2v) is 6.55. The zero-order valence-electron chi connectivity index (χ0n) is 10.5. The largest absolute Gasteiger partial charge is 0.381 e. The highest BCUT2D eigenvalue weighted by molar-refractivity contribution is 6.43. The highest BCUT2D eigenvalue weighted by Gasteiger charge is 2.46. The number of hydrogen-bond donors (Lipinski definition) is 1. The van der Waals surface area contributed by atoms with Crippen LogP contribution in [-0.2, 0) is 0 Å². The molecule has 1 atom stereocenters. The van der Waals surface area contributed by atoms with Gasteiger partial charge in [-0.2, -0.15) is 0 Å². The maximum Gasteiger partial charge on any atom is 0.0823 e. The van der Waals surface area contributed by atoms with E-state index >= 15 is 0 Å². The molecule has 0 aromatic heterocycles. The van der Waals surface area contributed by atoms with Crippen LogP contribution in [-0.4, -0.2) is 6.04 Å². The summed E-state index contributed by atoms with van der Waals surface area (Å²) in [6, 6.07) is 6.42. The first-order chi connectivity index (χ1) is 8.71. The number of halogens is 2. The summed E-state index contributed by atoms with van der Waals surface area (Å²) in [7, 11) is 0. The maximum atomic E-state index is 6.25. The van der Waals surface area contributed by atoms with Gasteiger partial charge in [-0.25, -0.2) is 0 Å². The number of benzene rings is 1. The fraction of sp³-hybridized carbons (Fsp3) is 0.600. The summed E-state index contributed by atoms with van der Waals surface area (Å²) in [5, 5.41) is 4.93. The zero-order chi connectivity index (χ0) is 12.6. The van der Waals surface area contributed by atoms with E-state index in [-0.39, 0.29) is 0 Å². The molecule has 18 heavy (non-hydrogen) atoms. The van der Waals surface area contributed by atoms with Gasteiger partial charge in [0.1, 0.15) is 0 Å². The van der Waals surface area contributed by atoms with E-state index in [1.807, 2.05) is 18.2 Å². The molecule has 3 heteroatoms. The van der Waals surface area contributed by atoms with Crippen LogP contribution in [0, 0.1) is 5.41 Å². The predicted molar refractivity (Wildman–Crippen MR) is 78.6 cm³/mol.